The van der Waals surface area contributed by atoms with Crippen LogP contribution in [-0.4, -0.2) is 48.3 Å². The van der Waals surface area contributed by atoms with Crippen LogP contribution in [0.15, 0.2) is 18.2 Å². The summed E-state index contributed by atoms with van der Waals surface area (Å²) < 4.78 is 43.6. The zero-order valence-corrected chi connectivity index (χ0v) is 11.1. The van der Waals surface area contributed by atoms with Gasteiger partial charge in [-0.1, -0.05) is 6.07 Å². The third-order valence-corrected chi connectivity index (χ3v) is 3.27. The number of hydrogen-bond donors (Lipinski definition) is 2. The van der Waals surface area contributed by atoms with Crippen LogP contribution in [0.2, 0.25) is 0 Å². The van der Waals surface area contributed by atoms with Gasteiger partial charge in [-0.05, 0) is 12.1 Å². The van der Waals surface area contributed by atoms with Crippen molar-refractivity contribution in [3.63, 3.8) is 0 Å². The molecule has 3 N–H and O–H groups in total. The van der Waals surface area contributed by atoms with Crippen molar-refractivity contribution >= 4 is 11.6 Å². The topological polar surface area (TPSA) is 75.8 Å². The van der Waals surface area contributed by atoms with Gasteiger partial charge in [-0.25, -0.2) is 0 Å². The second-order valence-corrected chi connectivity index (χ2v) is 4.69. The van der Waals surface area contributed by atoms with Crippen LogP contribution >= 0.6 is 0 Å². The molecule has 8 heteroatoms. The fourth-order valence-corrected chi connectivity index (χ4v) is 2.18. The maximum Gasteiger partial charge on any atom is 0.418 e. The van der Waals surface area contributed by atoms with Gasteiger partial charge in [0.15, 0.2) is 0 Å². The standard InChI is InChI=1S/C13H15F3N2O3/c14-13(15,16)10-3-1-2-9(11(10)17)12(20)18-4-5-21-8(6-18)7-19/h1-3,8,19H,4-7,17H2. The number of halogens is 3. The van der Waals surface area contributed by atoms with Gasteiger partial charge in [-0.2, -0.15) is 13.2 Å². The molecule has 1 amide bonds. The molecule has 0 radical (unpaired) electrons. The summed E-state index contributed by atoms with van der Waals surface area (Å²) in [7, 11) is 0. The zero-order chi connectivity index (χ0) is 15.6. The number of aliphatic hydroxyl groups excluding tert-OH is 1. The summed E-state index contributed by atoms with van der Waals surface area (Å²) in [6.07, 6.45) is -5.14. The summed E-state index contributed by atoms with van der Waals surface area (Å²) in [6.45, 7) is 0.313. The van der Waals surface area contributed by atoms with Gasteiger partial charge >= 0.3 is 6.18 Å². The number of carbonyl (C=O) groups is 1. The van der Waals surface area contributed by atoms with E-state index in [9.17, 15) is 18.0 Å². The number of nitrogens with zero attached hydrogens (tertiary/aromatic N) is 1. The fraction of sp³-hybridized carbons (Fsp3) is 0.462. The molecular formula is C13H15F3N2O3. The fourth-order valence-electron chi connectivity index (χ4n) is 2.18. The Morgan fingerprint density at radius 2 is 2.19 bits per heavy atom. The Morgan fingerprint density at radius 3 is 2.81 bits per heavy atom. The van der Waals surface area contributed by atoms with Crippen LogP contribution in [0.4, 0.5) is 18.9 Å². The van der Waals surface area contributed by atoms with Crippen molar-refractivity contribution < 1.29 is 27.8 Å². The van der Waals surface area contributed by atoms with Gasteiger partial charge in [-0.3, -0.25) is 4.79 Å². The zero-order valence-electron chi connectivity index (χ0n) is 11.1. The van der Waals surface area contributed by atoms with E-state index in [1.54, 1.807) is 0 Å². The Hall–Kier alpha value is -1.80. The summed E-state index contributed by atoms with van der Waals surface area (Å²) >= 11 is 0. The van der Waals surface area contributed by atoms with Crippen molar-refractivity contribution in [1.29, 1.82) is 0 Å². The minimum absolute atomic E-state index is 0.116. The Bertz CT molecular complexity index is 534. The van der Waals surface area contributed by atoms with E-state index in [4.69, 9.17) is 15.6 Å². The molecule has 1 aromatic rings. The van der Waals surface area contributed by atoms with E-state index < -0.39 is 29.4 Å². The number of carbonyl (C=O) groups excluding carboxylic acids is 1. The molecule has 1 atom stereocenters. The lowest BCUT2D eigenvalue weighted by molar-refractivity contribution is -0.136. The van der Waals surface area contributed by atoms with E-state index >= 15 is 0 Å². The van der Waals surface area contributed by atoms with E-state index in [0.29, 0.717) is 0 Å². The Morgan fingerprint density at radius 1 is 1.48 bits per heavy atom. The predicted molar refractivity (Wildman–Crippen MR) is 68.6 cm³/mol. The van der Waals surface area contributed by atoms with Crippen LogP contribution in [0.3, 0.4) is 0 Å². The van der Waals surface area contributed by atoms with Crippen LogP contribution < -0.4 is 5.73 Å². The molecule has 0 saturated carbocycles. The average Bonchev–Trinajstić information content (AvgIpc) is 2.45. The normalized spacial score (nSPS) is 19.6. The number of nitrogen functional groups attached to an aromatic ring is 1. The molecule has 1 fully saturated rings. The second kappa shape index (κ2) is 5.90. The third-order valence-electron chi connectivity index (χ3n) is 3.27. The highest BCUT2D eigenvalue weighted by atomic mass is 19.4. The Balaban J connectivity index is 2.27. The lowest BCUT2D eigenvalue weighted by Crippen LogP contribution is -2.47. The van der Waals surface area contributed by atoms with Crippen LogP contribution in [0.25, 0.3) is 0 Å². The number of ether oxygens (including phenoxy) is 1. The number of rotatable bonds is 2. The van der Waals surface area contributed by atoms with Crippen molar-refractivity contribution in [3.8, 4) is 0 Å². The summed E-state index contributed by atoms with van der Waals surface area (Å²) in [5, 5.41) is 9.03. The lowest BCUT2D eigenvalue weighted by atomic mass is 10.1. The van der Waals surface area contributed by atoms with E-state index in [-0.39, 0.29) is 31.9 Å². The molecule has 0 aliphatic carbocycles. The number of alkyl halides is 3. The number of aliphatic hydroxyl groups is 1. The molecule has 21 heavy (non-hydrogen) atoms. The minimum atomic E-state index is -4.61. The van der Waals surface area contributed by atoms with Gasteiger partial charge in [0.25, 0.3) is 5.91 Å². The molecule has 1 aliphatic rings. The smallest absolute Gasteiger partial charge is 0.398 e. The minimum Gasteiger partial charge on any atom is -0.398 e. The number of hydrogen-bond acceptors (Lipinski definition) is 4. The number of nitrogens with two attached hydrogens (primary N) is 1. The average molecular weight is 304 g/mol. The first-order chi connectivity index (χ1) is 9.84. The highest BCUT2D eigenvalue weighted by molar-refractivity contribution is 6.00. The van der Waals surface area contributed by atoms with Crippen molar-refractivity contribution in [2.75, 3.05) is 32.0 Å². The molecule has 0 aromatic heterocycles. The molecular weight excluding hydrogens is 289 g/mol. The maximum atomic E-state index is 12.8. The Kier molecular flexibility index (Phi) is 4.38. The molecule has 0 bridgehead atoms. The molecule has 2 rings (SSSR count). The van der Waals surface area contributed by atoms with Crippen LogP contribution in [0, 0.1) is 0 Å². The van der Waals surface area contributed by atoms with Crippen LogP contribution in [0.1, 0.15) is 15.9 Å². The number of anilines is 1. The Labute approximate surface area is 119 Å². The quantitative estimate of drug-likeness (QED) is 0.803. The predicted octanol–water partition coefficient (Wildman–Crippen LogP) is 1.12. The van der Waals surface area contributed by atoms with Crippen LogP contribution in [-0.2, 0) is 10.9 Å². The van der Waals surface area contributed by atoms with Gasteiger partial charge in [0.05, 0.1) is 36.1 Å². The SMILES string of the molecule is Nc1c(C(=O)N2CCOC(CO)C2)cccc1C(F)(F)F. The molecule has 1 saturated heterocycles. The summed E-state index contributed by atoms with van der Waals surface area (Å²) in [5.41, 5.74) is 3.70. The first-order valence-corrected chi connectivity index (χ1v) is 6.32. The lowest BCUT2D eigenvalue weighted by Gasteiger charge is -2.32. The molecule has 1 aliphatic heterocycles. The van der Waals surface area contributed by atoms with Gasteiger partial charge in [0, 0.05) is 13.1 Å². The maximum absolute atomic E-state index is 12.8. The monoisotopic (exact) mass is 304 g/mol. The van der Waals surface area contributed by atoms with Crippen molar-refractivity contribution in [2.24, 2.45) is 0 Å². The van der Waals surface area contributed by atoms with Crippen LogP contribution in [0.5, 0.6) is 0 Å². The van der Waals surface area contributed by atoms with Gasteiger partial charge < -0.3 is 20.5 Å². The van der Waals surface area contributed by atoms with Crippen molar-refractivity contribution in [2.45, 2.75) is 12.3 Å². The first-order valence-electron chi connectivity index (χ1n) is 6.32. The number of para-hydroxylation sites is 1. The number of benzene rings is 1. The van der Waals surface area contributed by atoms with E-state index in [2.05, 4.69) is 0 Å². The van der Waals surface area contributed by atoms with Gasteiger partial charge in [0.2, 0.25) is 0 Å². The van der Waals surface area contributed by atoms with E-state index in [1.165, 1.54) is 11.0 Å². The summed E-state index contributed by atoms with van der Waals surface area (Å²) in [5.74, 6) is -0.597. The third kappa shape index (κ3) is 3.27. The molecule has 116 valence electrons. The summed E-state index contributed by atoms with van der Waals surface area (Å²) in [6, 6.07) is 3.24. The van der Waals surface area contributed by atoms with Gasteiger partial charge in [-0.15, -0.1) is 0 Å². The van der Waals surface area contributed by atoms with Gasteiger partial charge in [0.1, 0.15) is 0 Å². The number of morpholine rings is 1. The van der Waals surface area contributed by atoms with E-state index in [1.807, 2.05) is 0 Å². The molecule has 0 spiro atoms. The number of amides is 1. The molecule has 5 nitrogen and oxygen atoms in total. The molecule has 1 unspecified atom stereocenters. The van der Waals surface area contributed by atoms with E-state index in [0.717, 1.165) is 12.1 Å². The second-order valence-electron chi connectivity index (χ2n) is 4.69. The largest absolute Gasteiger partial charge is 0.418 e. The summed E-state index contributed by atoms with van der Waals surface area (Å²) in [4.78, 5) is 13.6. The molecule has 1 heterocycles. The van der Waals surface area contributed by atoms with Crippen molar-refractivity contribution in [3.05, 3.63) is 29.3 Å². The van der Waals surface area contributed by atoms with Crippen molar-refractivity contribution in [1.82, 2.24) is 4.90 Å². The highest BCUT2D eigenvalue weighted by Gasteiger charge is 2.35. The molecule has 1 aromatic carbocycles. The highest BCUT2D eigenvalue weighted by Crippen LogP contribution is 2.35. The first kappa shape index (κ1) is 15.6.